The van der Waals surface area contributed by atoms with Gasteiger partial charge < -0.3 is 11.1 Å². The van der Waals surface area contributed by atoms with Crippen LogP contribution in [0, 0.1) is 0 Å². The molecule has 0 aliphatic heterocycles. The van der Waals surface area contributed by atoms with Crippen molar-refractivity contribution < 1.29 is 0 Å². The van der Waals surface area contributed by atoms with Crippen LogP contribution >= 0.6 is 0 Å². The summed E-state index contributed by atoms with van der Waals surface area (Å²) in [4.78, 5) is 9.04. The van der Waals surface area contributed by atoms with Crippen LogP contribution in [0.1, 0.15) is 12.5 Å². The van der Waals surface area contributed by atoms with E-state index in [-0.39, 0.29) is 0 Å². The predicted octanol–water partition coefficient (Wildman–Crippen LogP) is 3.92. The molecule has 0 amide bonds. The Bertz CT molecular complexity index is 1080. The van der Waals surface area contributed by atoms with E-state index in [9.17, 15) is 0 Å². The van der Waals surface area contributed by atoms with Crippen LogP contribution in [0.4, 0.5) is 17.3 Å². The standard InChI is InChI=1S/C20H20N6/c1-3-13-6-4-5-7-16(13)18-8-14-9-19(22-11-17(14)20(21)25-18)24-15-10-23-26(2)12-15/h4-12H,3H2,1-2H3,(H2,21,25)(H,22,24). The first-order chi connectivity index (χ1) is 12.6. The van der Waals surface area contributed by atoms with E-state index < -0.39 is 0 Å². The number of aromatic nitrogens is 4. The Kier molecular flexibility index (Phi) is 4.01. The maximum absolute atomic E-state index is 6.21. The summed E-state index contributed by atoms with van der Waals surface area (Å²) < 4.78 is 1.74. The van der Waals surface area contributed by atoms with E-state index in [1.807, 2.05) is 31.4 Å². The van der Waals surface area contributed by atoms with Crippen LogP contribution in [0.2, 0.25) is 0 Å². The average molecular weight is 344 g/mol. The summed E-state index contributed by atoms with van der Waals surface area (Å²) in [6, 6.07) is 12.3. The van der Waals surface area contributed by atoms with Crippen LogP contribution in [-0.4, -0.2) is 19.7 Å². The third-order valence-corrected chi connectivity index (χ3v) is 4.40. The fourth-order valence-electron chi connectivity index (χ4n) is 3.09. The minimum atomic E-state index is 0.490. The van der Waals surface area contributed by atoms with Crippen molar-refractivity contribution in [3.8, 4) is 11.3 Å². The Morgan fingerprint density at radius 3 is 2.77 bits per heavy atom. The normalized spacial score (nSPS) is 11.0. The number of nitrogens with one attached hydrogen (secondary N) is 1. The molecule has 4 aromatic rings. The van der Waals surface area contributed by atoms with Crippen molar-refractivity contribution in [1.82, 2.24) is 19.7 Å². The summed E-state index contributed by atoms with van der Waals surface area (Å²) in [5.41, 5.74) is 10.3. The number of aryl methyl sites for hydroxylation is 2. The van der Waals surface area contributed by atoms with Crippen LogP contribution in [-0.2, 0) is 13.5 Å². The molecule has 0 unspecified atom stereocenters. The number of nitrogens with two attached hydrogens (primary N) is 1. The Balaban J connectivity index is 1.79. The van der Waals surface area contributed by atoms with Crippen molar-refractivity contribution in [3.05, 3.63) is 60.6 Å². The monoisotopic (exact) mass is 344 g/mol. The molecular weight excluding hydrogens is 324 g/mol. The minimum Gasteiger partial charge on any atom is -0.383 e. The van der Waals surface area contributed by atoms with E-state index in [0.717, 1.165) is 40.0 Å². The lowest BCUT2D eigenvalue weighted by molar-refractivity contribution is 0.768. The number of pyridine rings is 2. The molecule has 0 saturated heterocycles. The fourth-order valence-corrected chi connectivity index (χ4v) is 3.09. The predicted molar refractivity (Wildman–Crippen MR) is 105 cm³/mol. The zero-order valence-corrected chi connectivity index (χ0v) is 14.8. The van der Waals surface area contributed by atoms with Crippen molar-refractivity contribution >= 4 is 28.1 Å². The van der Waals surface area contributed by atoms with Crippen LogP contribution in [0.5, 0.6) is 0 Å². The third kappa shape index (κ3) is 2.97. The maximum atomic E-state index is 6.21. The molecule has 0 saturated carbocycles. The second-order valence-corrected chi connectivity index (χ2v) is 6.22. The summed E-state index contributed by atoms with van der Waals surface area (Å²) in [5, 5.41) is 9.27. The highest BCUT2D eigenvalue weighted by Crippen LogP contribution is 2.29. The molecule has 1 aromatic carbocycles. The fraction of sp³-hybridized carbons (Fsp3) is 0.150. The van der Waals surface area contributed by atoms with E-state index in [1.165, 1.54) is 5.56 Å². The third-order valence-electron chi connectivity index (χ3n) is 4.40. The highest BCUT2D eigenvalue weighted by molar-refractivity contribution is 5.94. The number of hydrogen-bond acceptors (Lipinski definition) is 5. The lowest BCUT2D eigenvalue weighted by atomic mass is 10.0. The molecule has 3 aromatic heterocycles. The number of nitrogen functional groups attached to an aromatic ring is 1. The van der Waals surface area contributed by atoms with E-state index in [2.05, 4.69) is 45.5 Å². The molecule has 6 heteroatoms. The van der Waals surface area contributed by atoms with Gasteiger partial charge in [-0.2, -0.15) is 5.10 Å². The zero-order chi connectivity index (χ0) is 18.1. The van der Waals surface area contributed by atoms with Gasteiger partial charge in [-0.3, -0.25) is 4.68 Å². The maximum Gasteiger partial charge on any atom is 0.133 e. The number of rotatable bonds is 4. The van der Waals surface area contributed by atoms with Crippen molar-refractivity contribution in [2.75, 3.05) is 11.1 Å². The Labute approximate surface area is 151 Å². The number of nitrogens with zero attached hydrogens (tertiary/aromatic N) is 4. The first kappa shape index (κ1) is 16.1. The number of anilines is 3. The number of hydrogen-bond donors (Lipinski definition) is 2. The van der Waals surface area contributed by atoms with Crippen molar-refractivity contribution in [3.63, 3.8) is 0 Å². The van der Waals surface area contributed by atoms with E-state index in [0.29, 0.717) is 5.82 Å². The van der Waals surface area contributed by atoms with Crippen LogP contribution in [0.25, 0.3) is 22.0 Å². The molecular formula is C20H20N6. The molecule has 6 nitrogen and oxygen atoms in total. The zero-order valence-electron chi connectivity index (χ0n) is 14.8. The topological polar surface area (TPSA) is 81.7 Å². The molecule has 0 atom stereocenters. The number of fused-ring (bicyclic) bond motifs is 1. The van der Waals surface area contributed by atoms with Gasteiger partial charge in [0.2, 0.25) is 0 Å². The highest BCUT2D eigenvalue weighted by atomic mass is 15.3. The van der Waals surface area contributed by atoms with E-state index in [4.69, 9.17) is 5.73 Å². The molecule has 4 rings (SSSR count). The number of benzene rings is 1. The average Bonchev–Trinajstić information content (AvgIpc) is 3.06. The molecule has 0 aliphatic carbocycles. The van der Waals surface area contributed by atoms with Gasteiger partial charge in [-0.1, -0.05) is 31.2 Å². The van der Waals surface area contributed by atoms with Crippen LogP contribution in [0.3, 0.4) is 0 Å². The molecule has 0 bridgehead atoms. The highest BCUT2D eigenvalue weighted by Gasteiger charge is 2.10. The summed E-state index contributed by atoms with van der Waals surface area (Å²) in [6.45, 7) is 2.14. The lowest BCUT2D eigenvalue weighted by Gasteiger charge is -2.11. The van der Waals surface area contributed by atoms with E-state index in [1.54, 1.807) is 17.1 Å². The van der Waals surface area contributed by atoms with Gasteiger partial charge in [0.05, 0.1) is 17.6 Å². The summed E-state index contributed by atoms with van der Waals surface area (Å²) in [7, 11) is 1.88. The van der Waals surface area contributed by atoms with Gasteiger partial charge in [0.15, 0.2) is 0 Å². The van der Waals surface area contributed by atoms with Crippen molar-refractivity contribution in [2.24, 2.45) is 7.05 Å². The minimum absolute atomic E-state index is 0.490. The quantitative estimate of drug-likeness (QED) is 0.586. The summed E-state index contributed by atoms with van der Waals surface area (Å²) in [5.74, 6) is 1.23. The van der Waals surface area contributed by atoms with Gasteiger partial charge in [-0.15, -0.1) is 0 Å². The van der Waals surface area contributed by atoms with Gasteiger partial charge in [0.1, 0.15) is 11.6 Å². The molecule has 26 heavy (non-hydrogen) atoms. The van der Waals surface area contributed by atoms with E-state index >= 15 is 0 Å². The molecule has 0 radical (unpaired) electrons. The summed E-state index contributed by atoms with van der Waals surface area (Å²) in [6.07, 6.45) is 6.36. The molecule has 0 fully saturated rings. The summed E-state index contributed by atoms with van der Waals surface area (Å²) >= 11 is 0. The largest absolute Gasteiger partial charge is 0.383 e. The van der Waals surface area contributed by atoms with Crippen molar-refractivity contribution in [2.45, 2.75) is 13.3 Å². The van der Waals surface area contributed by atoms with Crippen LogP contribution < -0.4 is 11.1 Å². The Morgan fingerprint density at radius 1 is 1.15 bits per heavy atom. The molecule has 0 spiro atoms. The molecule has 130 valence electrons. The van der Waals surface area contributed by atoms with Gasteiger partial charge in [0.25, 0.3) is 0 Å². The first-order valence-corrected chi connectivity index (χ1v) is 8.54. The van der Waals surface area contributed by atoms with Gasteiger partial charge >= 0.3 is 0 Å². The van der Waals surface area contributed by atoms with Crippen LogP contribution in [0.15, 0.2) is 55.0 Å². The first-order valence-electron chi connectivity index (χ1n) is 8.54. The van der Waals surface area contributed by atoms with Gasteiger partial charge in [-0.05, 0) is 29.5 Å². The SMILES string of the molecule is CCc1ccccc1-c1cc2cc(Nc3cnn(C)c3)ncc2c(N)n1. The molecule has 0 aliphatic rings. The Morgan fingerprint density at radius 2 is 2.00 bits per heavy atom. The molecule has 3 N–H and O–H groups in total. The van der Waals surface area contributed by atoms with Gasteiger partial charge in [0, 0.05) is 30.4 Å². The lowest BCUT2D eigenvalue weighted by Crippen LogP contribution is -1.98. The molecule has 3 heterocycles. The smallest absolute Gasteiger partial charge is 0.133 e. The van der Waals surface area contributed by atoms with Crippen molar-refractivity contribution in [1.29, 1.82) is 0 Å². The van der Waals surface area contributed by atoms with Gasteiger partial charge in [-0.25, -0.2) is 9.97 Å². The Hall–Kier alpha value is -3.41. The second-order valence-electron chi connectivity index (χ2n) is 6.22. The second kappa shape index (κ2) is 6.48.